The first-order chi connectivity index (χ1) is 14.8. The third-order valence-corrected chi connectivity index (χ3v) is 5.66. The smallest absolute Gasteiger partial charge is 0.232 e. The van der Waals surface area contributed by atoms with Crippen molar-refractivity contribution in [2.75, 3.05) is 37.9 Å². The molecule has 1 N–H and O–H groups in total. The summed E-state index contributed by atoms with van der Waals surface area (Å²) in [6, 6.07) is 14.0. The summed E-state index contributed by atoms with van der Waals surface area (Å²) in [6.07, 6.45) is 1.67. The van der Waals surface area contributed by atoms with E-state index < -0.39 is 10.0 Å². The average Bonchev–Trinajstić information content (AvgIpc) is 2.74. The highest BCUT2D eigenvalue weighted by Gasteiger charge is 2.21. The van der Waals surface area contributed by atoms with Crippen LogP contribution in [-0.4, -0.2) is 54.0 Å². The highest BCUT2D eigenvalue weighted by Crippen LogP contribution is 2.29. The molecule has 0 saturated heterocycles. The number of anilines is 1. The Morgan fingerprint density at radius 3 is 2.19 bits per heavy atom. The van der Waals surface area contributed by atoms with Gasteiger partial charge in [-0.2, -0.15) is 0 Å². The first-order valence-corrected chi connectivity index (χ1v) is 11.8. The van der Waals surface area contributed by atoms with Crippen molar-refractivity contribution in [3.05, 3.63) is 48.5 Å². The van der Waals surface area contributed by atoms with Gasteiger partial charge in [0.25, 0.3) is 0 Å². The number of benzene rings is 2. The maximum atomic E-state index is 12.3. The molecule has 9 heteroatoms. The van der Waals surface area contributed by atoms with Crippen molar-refractivity contribution in [3.8, 4) is 17.2 Å². The fraction of sp³-hybridized carbons (Fsp3) is 0.409. The zero-order chi connectivity index (χ0) is 22.9. The molecule has 1 amide bonds. The molecule has 8 nitrogen and oxygen atoms in total. The zero-order valence-electron chi connectivity index (χ0n) is 18.3. The number of sulfonamides is 1. The monoisotopic (exact) mass is 450 g/mol. The van der Waals surface area contributed by atoms with Crippen molar-refractivity contribution in [2.24, 2.45) is 0 Å². The molecule has 2 aromatic carbocycles. The Balaban J connectivity index is 1.86. The molecular weight excluding hydrogens is 420 g/mol. The standard InChI is InChI=1S/C22H30N2O6S/c1-17(16-30-21-13-8-7-12-20(21)29-3)23-22(25)14-9-15-24(31(4,26)27)18-10-5-6-11-19(18)28-2/h5-8,10-13,17H,9,14-16H2,1-4H3,(H,23,25)/t17-/m1/s1. The van der Waals surface area contributed by atoms with Crippen molar-refractivity contribution < 1.29 is 27.4 Å². The summed E-state index contributed by atoms with van der Waals surface area (Å²) in [5.74, 6) is 1.51. The molecule has 0 fully saturated rings. The van der Waals surface area contributed by atoms with Crippen molar-refractivity contribution in [1.29, 1.82) is 0 Å². The highest BCUT2D eigenvalue weighted by atomic mass is 32.2. The van der Waals surface area contributed by atoms with Gasteiger partial charge in [0.05, 0.1) is 32.2 Å². The third-order valence-electron chi connectivity index (χ3n) is 4.48. The van der Waals surface area contributed by atoms with Crippen molar-refractivity contribution in [3.63, 3.8) is 0 Å². The van der Waals surface area contributed by atoms with Gasteiger partial charge in [-0.1, -0.05) is 24.3 Å². The van der Waals surface area contributed by atoms with E-state index in [0.29, 0.717) is 29.4 Å². The summed E-state index contributed by atoms with van der Waals surface area (Å²) in [7, 11) is -0.473. The van der Waals surface area contributed by atoms with E-state index in [4.69, 9.17) is 14.2 Å². The molecule has 0 unspecified atom stereocenters. The molecule has 1 atom stereocenters. The molecule has 31 heavy (non-hydrogen) atoms. The summed E-state index contributed by atoms with van der Waals surface area (Å²) in [5, 5.41) is 2.87. The predicted molar refractivity (Wildman–Crippen MR) is 121 cm³/mol. The summed E-state index contributed by atoms with van der Waals surface area (Å²) >= 11 is 0. The van der Waals surface area contributed by atoms with E-state index in [1.807, 2.05) is 19.1 Å². The number of para-hydroxylation sites is 4. The van der Waals surface area contributed by atoms with Crippen molar-refractivity contribution in [2.45, 2.75) is 25.8 Å². The van der Waals surface area contributed by atoms with Crippen LogP contribution in [0.2, 0.25) is 0 Å². The van der Waals surface area contributed by atoms with E-state index in [2.05, 4.69) is 5.32 Å². The second-order valence-electron chi connectivity index (χ2n) is 7.04. The van der Waals surface area contributed by atoms with Crippen molar-refractivity contribution >= 4 is 21.6 Å². The molecule has 0 aliphatic carbocycles. The Morgan fingerprint density at radius 2 is 1.58 bits per heavy atom. The molecule has 0 heterocycles. The quantitative estimate of drug-likeness (QED) is 0.534. The number of amides is 1. The molecule has 2 aromatic rings. The number of hydrogen-bond acceptors (Lipinski definition) is 6. The summed E-state index contributed by atoms with van der Waals surface area (Å²) < 4.78 is 42.0. The fourth-order valence-electron chi connectivity index (χ4n) is 3.03. The van der Waals surface area contributed by atoms with Crippen LogP contribution in [-0.2, 0) is 14.8 Å². The van der Waals surface area contributed by atoms with E-state index in [1.54, 1.807) is 43.5 Å². The van der Waals surface area contributed by atoms with Crippen LogP contribution in [0.1, 0.15) is 19.8 Å². The van der Waals surface area contributed by atoms with E-state index in [9.17, 15) is 13.2 Å². The number of hydrogen-bond donors (Lipinski definition) is 1. The lowest BCUT2D eigenvalue weighted by molar-refractivity contribution is -0.121. The van der Waals surface area contributed by atoms with Crippen LogP contribution >= 0.6 is 0 Å². The van der Waals surface area contributed by atoms with Crippen LogP contribution in [0.25, 0.3) is 0 Å². The summed E-state index contributed by atoms with van der Waals surface area (Å²) in [5.41, 5.74) is 0.450. The lowest BCUT2D eigenvalue weighted by Crippen LogP contribution is -2.37. The minimum Gasteiger partial charge on any atom is -0.495 e. The third kappa shape index (κ3) is 7.36. The zero-order valence-corrected chi connectivity index (χ0v) is 19.1. The SMILES string of the molecule is COc1ccccc1OC[C@@H](C)NC(=O)CCCN(c1ccccc1OC)S(C)(=O)=O. The topological polar surface area (TPSA) is 94.2 Å². The van der Waals surface area contributed by atoms with E-state index >= 15 is 0 Å². The summed E-state index contributed by atoms with van der Waals surface area (Å²) in [6.45, 7) is 2.28. The van der Waals surface area contributed by atoms with Crippen molar-refractivity contribution in [1.82, 2.24) is 5.32 Å². The second kappa shape index (κ2) is 11.5. The predicted octanol–water partition coefficient (Wildman–Crippen LogP) is 2.83. The average molecular weight is 451 g/mol. The molecule has 0 radical (unpaired) electrons. The number of nitrogens with one attached hydrogen (secondary N) is 1. The van der Waals surface area contributed by atoms with Gasteiger partial charge in [-0.15, -0.1) is 0 Å². The van der Waals surface area contributed by atoms with Gasteiger partial charge in [-0.3, -0.25) is 9.10 Å². The number of nitrogens with zero attached hydrogens (tertiary/aromatic N) is 1. The van der Waals surface area contributed by atoms with Gasteiger partial charge in [0, 0.05) is 13.0 Å². The molecule has 0 saturated carbocycles. The number of ether oxygens (including phenoxy) is 3. The number of carbonyl (C=O) groups is 1. The van der Waals surface area contributed by atoms with Crippen LogP contribution in [0, 0.1) is 0 Å². The Labute approximate surface area is 184 Å². The van der Waals surface area contributed by atoms with Crippen LogP contribution in [0.3, 0.4) is 0 Å². The maximum absolute atomic E-state index is 12.3. The molecule has 0 aliphatic rings. The van der Waals surface area contributed by atoms with Gasteiger partial charge in [0.2, 0.25) is 15.9 Å². The van der Waals surface area contributed by atoms with E-state index in [1.165, 1.54) is 11.4 Å². The second-order valence-corrected chi connectivity index (χ2v) is 8.95. The molecule has 170 valence electrons. The van der Waals surface area contributed by atoms with Crippen LogP contribution in [0.4, 0.5) is 5.69 Å². The van der Waals surface area contributed by atoms with Crippen LogP contribution < -0.4 is 23.8 Å². The van der Waals surface area contributed by atoms with E-state index in [0.717, 1.165) is 6.26 Å². The Kier molecular flexibility index (Phi) is 8.99. The Morgan fingerprint density at radius 1 is 1.00 bits per heavy atom. The fourth-order valence-corrected chi connectivity index (χ4v) is 3.99. The van der Waals surface area contributed by atoms with Gasteiger partial charge in [-0.05, 0) is 37.6 Å². The first kappa shape index (κ1) is 24.3. The van der Waals surface area contributed by atoms with Gasteiger partial charge in [0.15, 0.2) is 11.5 Å². The lowest BCUT2D eigenvalue weighted by Gasteiger charge is -2.24. The van der Waals surface area contributed by atoms with Gasteiger partial charge in [0.1, 0.15) is 12.4 Å². The first-order valence-electron chi connectivity index (χ1n) is 9.92. The number of methoxy groups -OCH3 is 2. The Hall–Kier alpha value is -2.94. The molecule has 0 aliphatic heterocycles. The number of carbonyl (C=O) groups excluding carboxylic acids is 1. The van der Waals surface area contributed by atoms with Gasteiger partial charge >= 0.3 is 0 Å². The largest absolute Gasteiger partial charge is 0.495 e. The van der Waals surface area contributed by atoms with Crippen LogP contribution in [0.5, 0.6) is 17.2 Å². The molecule has 2 rings (SSSR count). The number of rotatable bonds is 12. The van der Waals surface area contributed by atoms with Gasteiger partial charge in [-0.25, -0.2) is 8.42 Å². The van der Waals surface area contributed by atoms with E-state index in [-0.39, 0.29) is 31.5 Å². The highest BCUT2D eigenvalue weighted by molar-refractivity contribution is 7.92. The maximum Gasteiger partial charge on any atom is 0.232 e. The molecular formula is C22H30N2O6S. The molecule has 0 spiro atoms. The van der Waals surface area contributed by atoms with Crippen LogP contribution in [0.15, 0.2) is 48.5 Å². The molecule has 0 aromatic heterocycles. The normalized spacial score (nSPS) is 12.0. The summed E-state index contributed by atoms with van der Waals surface area (Å²) in [4.78, 5) is 12.3. The molecule has 0 bridgehead atoms. The minimum atomic E-state index is -3.53. The Bertz CT molecular complexity index is 964. The lowest BCUT2D eigenvalue weighted by atomic mass is 10.2. The minimum absolute atomic E-state index is 0.165. The van der Waals surface area contributed by atoms with Gasteiger partial charge < -0.3 is 19.5 Å².